The highest BCUT2D eigenvalue weighted by Gasteiger charge is 2.14. The van der Waals surface area contributed by atoms with Gasteiger partial charge in [0.05, 0.1) is 45.0 Å². The number of hydrogen-bond donors (Lipinski definition) is 0. The fourth-order valence-electron chi connectivity index (χ4n) is 1.33. The van der Waals surface area contributed by atoms with Crippen LogP contribution in [-0.2, 0) is 14.2 Å². The predicted molar refractivity (Wildman–Crippen MR) is 50.8 cm³/mol. The van der Waals surface area contributed by atoms with E-state index < -0.39 is 0 Å². The van der Waals surface area contributed by atoms with Crippen molar-refractivity contribution >= 4 is 0 Å². The Morgan fingerprint density at radius 3 is 2.86 bits per heavy atom. The summed E-state index contributed by atoms with van der Waals surface area (Å²) in [6.07, 6.45) is 2.99. The molecule has 0 saturated carbocycles. The van der Waals surface area contributed by atoms with Crippen LogP contribution in [0.3, 0.4) is 0 Å². The molecule has 1 unspecified atom stereocenters. The minimum Gasteiger partial charge on any atom is -0.378 e. The third-order valence-corrected chi connectivity index (χ3v) is 2.06. The van der Waals surface area contributed by atoms with Crippen LogP contribution in [0.15, 0.2) is 0 Å². The first-order valence-corrected chi connectivity index (χ1v) is 5.07. The highest BCUT2D eigenvalue weighted by molar-refractivity contribution is 4.67. The van der Waals surface area contributed by atoms with Gasteiger partial charge in [0.2, 0.25) is 0 Å². The van der Waals surface area contributed by atoms with Crippen molar-refractivity contribution in [3.63, 3.8) is 0 Å². The van der Waals surface area contributed by atoms with Crippen molar-refractivity contribution in [1.29, 1.82) is 5.26 Å². The number of rotatable bonds is 7. The number of nitrogens with zero attached hydrogens (tertiary/aromatic N) is 1. The first-order valence-electron chi connectivity index (χ1n) is 5.07. The third-order valence-electron chi connectivity index (χ3n) is 2.06. The molecule has 1 saturated heterocycles. The number of hydrogen-bond acceptors (Lipinski definition) is 4. The van der Waals surface area contributed by atoms with Gasteiger partial charge in [-0.2, -0.15) is 5.26 Å². The van der Waals surface area contributed by atoms with Crippen LogP contribution in [0.2, 0.25) is 0 Å². The minimum absolute atomic E-state index is 0.286. The highest BCUT2D eigenvalue weighted by Crippen LogP contribution is 2.11. The molecule has 14 heavy (non-hydrogen) atoms. The van der Waals surface area contributed by atoms with E-state index in [2.05, 4.69) is 0 Å². The molecule has 1 atom stereocenters. The molecular formula is C10H17NO3. The van der Waals surface area contributed by atoms with Gasteiger partial charge in [-0.05, 0) is 12.8 Å². The van der Waals surface area contributed by atoms with E-state index in [1.807, 2.05) is 6.07 Å². The Morgan fingerprint density at radius 2 is 2.14 bits per heavy atom. The second kappa shape index (κ2) is 7.74. The molecule has 1 heterocycles. The van der Waals surface area contributed by atoms with Gasteiger partial charge in [0.1, 0.15) is 0 Å². The molecule has 0 radical (unpaired) electrons. The lowest BCUT2D eigenvalue weighted by Gasteiger charge is -2.09. The quantitative estimate of drug-likeness (QED) is 0.576. The third kappa shape index (κ3) is 5.18. The maximum Gasteiger partial charge on any atom is 0.0809 e. The zero-order chi connectivity index (χ0) is 10.1. The van der Waals surface area contributed by atoms with Gasteiger partial charge in [0, 0.05) is 6.61 Å². The van der Waals surface area contributed by atoms with Crippen LogP contribution >= 0.6 is 0 Å². The van der Waals surface area contributed by atoms with Gasteiger partial charge in [0.25, 0.3) is 0 Å². The second-order valence-electron chi connectivity index (χ2n) is 3.23. The summed E-state index contributed by atoms with van der Waals surface area (Å²) in [6.45, 7) is 3.19. The molecule has 0 aromatic heterocycles. The molecule has 1 aliphatic rings. The summed E-state index contributed by atoms with van der Waals surface area (Å²) in [5.74, 6) is 0. The summed E-state index contributed by atoms with van der Waals surface area (Å²) in [7, 11) is 0. The van der Waals surface area contributed by atoms with Crippen molar-refractivity contribution in [3.05, 3.63) is 0 Å². The lowest BCUT2D eigenvalue weighted by molar-refractivity contribution is -0.00623. The molecule has 1 aliphatic heterocycles. The summed E-state index contributed by atoms with van der Waals surface area (Å²) >= 11 is 0. The maximum atomic E-state index is 8.23. The first-order chi connectivity index (χ1) is 6.93. The normalized spacial score (nSPS) is 20.9. The summed E-state index contributed by atoms with van der Waals surface area (Å²) in [6, 6.07) is 2.02. The van der Waals surface area contributed by atoms with Crippen molar-refractivity contribution in [1.82, 2.24) is 0 Å². The van der Waals surface area contributed by atoms with Gasteiger partial charge in [-0.15, -0.1) is 0 Å². The molecule has 1 rings (SSSR count). The topological polar surface area (TPSA) is 51.5 Å². The largest absolute Gasteiger partial charge is 0.378 e. The zero-order valence-electron chi connectivity index (χ0n) is 8.41. The van der Waals surface area contributed by atoms with Gasteiger partial charge in [-0.25, -0.2) is 0 Å². The van der Waals surface area contributed by atoms with Crippen LogP contribution < -0.4 is 0 Å². The fraction of sp³-hybridized carbons (Fsp3) is 0.900. The molecule has 0 N–H and O–H groups in total. The van der Waals surface area contributed by atoms with Gasteiger partial charge in [-0.3, -0.25) is 0 Å². The highest BCUT2D eigenvalue weighted by atomic mass is 16.5. The Hall–Kier alpha value is -0.630. The fourth-order valence-corrected chi connectivity index (χ4v) is 1.33. The van der Waals surface area contributed by atoms with Gasteiger partial charge < -0.3 is 14.2 Å². The number of nitriles is 1. The molecule has 0 aromatic carbocycles. The monoisotopic (exact) mass is 199 g/mol. The van der Waals surface area contributed by atoms with Crippen LogP contribution in [-0.4, -0.2) is 39.1 Å². The Bertz CT molecular complexity index is 173. The van der Waals surface area contributed by atoms with Crippen molar-refractivity contribution in [2.45, 2.75) is 25.4 Å². The van der Waals surface area contributed by atoms with E-state index in [1.54, 1.807) is 0 Å². The molecule has 0 amide bonds. The average Bonchev–Trinajstić information content (AvgIpc) is 2.69. The average molecular weight is 199 g/mol. The molecular weight excluding hydrogens is 182 g/mol. The van der Waals surface area contributed by atoms with E-state index >= 15 is 0 Å². The zero-order valence-corrected chi connectivity index (χ0v) is 8.41. The Kier molecular flexibility index (Phi) is 6.33. The maximum absolute atomic E-state index is 8.23. The molecule has 4 heteroatoms. The van der Waals surface area contributed by atoms with E-state index in [4.69, 9.17) is 19.5 Å². The van der Waals surface area contributed by atoms with Gasteiger partial charge in [-0.1, -0.05) is 0 Å². The smallest absolute Gasteiger partial charge is 0.0809 e. The van der Waals surface area contributed by atoms with E-state index in [0.717, 1.165) is 19.4 Å². The minimum atomic E-state index is 0.286. The lowest BCUT2D eigenvalue weighted by atomic mass is 10.2. The molecule has 4 nitrogen and oxygen atoms in total. The van der Waals surface area contributed by atoms with Crippen molar-refractivity contribution in [2.24, 2.45) is 0 Å². The number of ether oxygens (including phenoxy) is 3. The second-order valence-corrected chi connectivity index (χ2v) is 3.23. The predicted octanol–water partition coefficient (Wildman–Crippen LogP) is 1.11. The van der Waals surface area contributed by atoms with Gasteiger partial charge in [0.15, 0.2) is 0 Å². The van der Waals surface area contributed by atoms with Crippen LogP contribution in [0.25, 0.3) is 0 Å². The van der Waals surface area contributed by atoms with Crippen molar-refractivity contribution in [3.8, 4) is 6.07 Å². The molecule has 0 aliphatic carbocycles. The van der Waals surface area contributed by atoms with Crippen molar-refractivity contribution in [2.75, 3.05) is 33.0 Å². The Balaban J connectivity index is 1.78. The molecule has 80 valence electrons. The van der Waals surface area contributed by atoms with E-state index in [0.29, 0.717) is 32.8 Å². The van der Waals surface area contributed by atoms with Crippen LogP contribution in [0.4, 0.5) is 0 Å². The van der Waals surface area contributed by atoms with E-state index in [-0.39, 0.29) is 6.10 Å². The Labute approximate surface area is 84.8 Å². The summed E-state index contributed by atoms with van der Waals surface area (Å²) in [5, 5.41) is 8.23. The molecule has 0 bridgehead atoms. The SMILES string of the molecule is N#CCCOCCOCC1CCCO1. The van der Waals surface area contributed by atoms with Gasteiger partial charge >= 0.3 is 0 Å². The van der Waals surface area contributed by atoms with Crippen LogP contribution in [0, 0.1) is 11.3 Å². The summed E-state index contributed by atoms with van der Waals surface area (Å²) < 4.78 is 15.9. The summed E-state index contributed by atoms with van der Waals surface area (Å²) in [5.41, 5.74) is 0. The van der Waals surface area contributed by atoms with Crippen LogP contribution in [0.1, 0.15) is 19.3 Å². The van der Waals surface area contributed by atoms with Crippen LogP contribution in [0.5, 0.6) is 0 Å². The first kappa shape index (κ1) is 11.4. The lowest BCUT2D eigenvalue weighted by Crippen LogP contribution is -2.16. The van der Waals surface area contributed by atoms with Crippen molar-refractivity contribution < 1.29 is 14.2 Å². The molecule has 1 fully saturated rings. The van der Waals surface area contributed by atoms with E-state index in [1.165, 1.54) is 0 Å². The standard InChI is InChI=1S/C10H17NO3/c11-4-2-5-12-7-8-13-9-10-3-1-6-14-10/h10H,1-3,5-9H2. The molecule has 0 spiro atoms. The molecule has 0 aromatic rings. The summed E-state index contributed by atoms with van der Waals surface area (Å²) in [4.78, 5) is 0. The Morgan fingerprint density at radius 1 is 1.29 bits per heavy atom. The van der Waals surface area contributed by atoms with E-state index in [9.17, 15) is 0 Å².